The Kier molecular flexibility index (Phi) is 5.65. The van der Waals surface area contributed by atoms with Gasteiger partial charge in [0, 0.05) is 47.2 Å². The summed E-state index contributed by atoms with van der Waals surface area (Å²) < 4.78 is 64.9. The molecule has 2 aromatic carbocycles. The number of methoxy groups -OCH3 is 1. The summed E-state index contributed by atoms with van der Waals surface area (Å²) in [5, 5.41) is 16.0. The van der Waals surface area contributed by atoms with Crippen molar-refractivity contribution in [1.82, 2.24) is 14.8 Å². The molecule has 0 aliphatic rings. The number of alkyl halides is 1. The molecule has 6 nitrogen and oxygen atoms in total. The minimum Gasteiger partial charge on any atom is -0.479 e. The molecular formula is C23H21F4N3O3. The maximum atomic E-state index is 15.7. The van der Waals surface area contributed by atoms with E-state index in [0.717, 1.165) is 12.1 Å². The van der Waals surface area contributed by atoms with Crippen molar-refractivity contribution in [1.29, 1.82) is 0 Å². The van der Waals surface area contributed by atoms with Crippen molar-refractivity contribution in [3.05, 3.63) is 59.2 Å². The zero-order valence-electron chi connectivity index (χ0n) is 18.0. The number of ether oxygens (including phenoxy) is 1. The zero-order valence-corrected chi connectivity index (χ0v) is 18.0. The summed E-state index contributed by atoms with van der Waals surface area (Å²) in [6.07, 6.45) is -1.56. The van der Waals surface area contributed by atoms with E-state index in [1.54, 1.807) is 19.9 Å². The second kappa shape index (κ2) is 8.18. The van der Waals surface area contributed by atoms with Crippen LogP contribution in [0.2, 0.25) is 0 Å². The van der Waals surface area contributed by atoms with E-state index < -0.39 is 41.4 Å². The lowest BCUT2D eigenvalue weighted by Crippen LogP contribution is -2.29. The summed E-state index contributed by atoms with van der Waals surface area (Å²) in [6, 6.07) is 4.79. The SMILES string of the molecule is COCC(C)(C)c1c(C[C@H](F)C(=O)O)c2c(F)c3[nH]ncc3cc2n1-c1ccc(F)c(F)c1. The molecule has 1 atom stereocenters. The summed E-state index contributed by atoms with van der Waals surface area (Å²) in [4.78, 5) is 11.3. The lowest BCUT2D eigenvalue weighted by atomic mass is 9.85. The Morgan fingerprint density at radius 1 is 1.24 bits per heavy atom. The van der Waals surface area contributed by atoms with Crippen molar-refractivity contribution >= 4 is 27.8 Å². The first-order chi connectivity index (χ1) is 15.6. The van der Waals surface area contributed by atoms with Gasteiger partial charge in [0.2, 0.25) is 6.17 Å². The number of fused-ring (bicyclic) bond motifs is 2. The largest absolute Gasteiger partial charge is 0.479 e. The third kappa shape index (κ3) is 3.74. The van der Waals surface area contributed by atoms with Crippen molar-refractivity contribution < 1.29 is 32.2 Å². The Balaban J connectivity index is 2.20. The van der Waals surface area contributed by atoms with Crippen molar-refractivity contribution in [2.75, 3.05) is 13.7 Å². The molecule has 2 heterocycles. The molecule has 0 unspecified atom stereocenters. The normalized spacial score (nSPS) is 13.2. The number of rotatable bonds is 7. The van der Waals surface area contributed by atoms with E-state index in [2.05, 4.69) is 10.2 Å². The van der Waals surface area contributed by atoms with Crippen LogP contribution in [0, 0.1) is 17.5 Å². The molecule has 0 amide bonds. The van der Waals surface area contributed by atoms with Gasteiger partial charge in [-0.3, -0.25) is 5.10 Å². The number of benzene rings is 2. The molecule has 0 saturated heterocycles. The topological polar surface area (TPSA) is 80.1 Å². The Morgan fingerprint density at radius 2 is 1.97 bits per heavy atom. The molecule has 2 N–H and O–H groups in total. The number of nitrogens with one attached hydrogen (secondary N) is 1. The second-order valence-electron chi connectivity index (χ2n) is 8.51. The number of carboxylic acid groups (broad SMARTS) is 1. The minimum absolute atomic E-state index is 0.0282. The van der Waals surface area contributed by atoms with Crippen molar-refractivity contribution in [3.8, 4) is 5.69 Å². The molecule has 0 fully saturated rings. The summed E-state index contributed by atoms with van der Waals surface area (Å²) >= 11 is 0. The van der Waals surface area contributed by atoms with E-state index >= 15 is 4.39 Å². The Morgan fingerprint density at radius 3 is 2.61 bits per heavy atom. The quantitative estimate of drug-likeness (QED) is 0.386. The number of aromatic nitrogens is 3. The second-order valence-corrected chi connectivity index (χ2v) is 8.51. The van der Waals surface area contributed by atoms with Crippen LogP contribution in [0.5, 0.6) is 0 Å². The standard InChI is InChI=1S/C23H21F4N3O3/c1-23(2,10-33-3)21-13(8-16(26)22(31)32)18-17(6-11-9-28-29-20(11)19(18)27)30(21)12-4-5-14(24)15(25)7-12/h4-7,9,16H,8,10H2,1-3H3,(H,28,29)(H,31,32)/t16-/m0/s1. The van der Waals surface area contributed by atoms with E-state index in [4.69, 9.17) is 4.74 Å². The van der Waals surface area contributed by atoms with Crippen LogP contribution in [-0.2, 0) is 21.4 Å². The number of halogens is 4. The van der Waals surface area contributed by atoms with E-state index in [9.17, 15) is 23.1 Å². The van der Waals surface area contributed by atoms with Gasteiger partial charge in [0.1, 0.15) is 5.52 Å². The highest BCUT2D eigenvalue weighted by molar-refractivity contribution is 6.00. The maximum Gasteiger partial charge on any atom is 0.338 e. The van der Waals surface area contributed by atoms with Gasteiger partial charge < -0.3 is 14.4 Å². The molecule has 2 aromatic heterocycles. The summed E-state index contributed by atoms with van der Waals surface area (Å²) in [5.74, 6) is -4.62. The van der Waals surface area contributed by atoms with Gasteiger partial charge in [-0.25, -0.2) is 22.4 Å². The lowest BCUT2D eigenvalue weighted by molar-refractivity contribution is -0.142. The van der Waals surface area contributed by atoms with Crippen LogP contribution in [0.4, 0.5) is 17.6 Å². The lowest BCUT2D eigenvalue weighted by Gasteiger charge is -2.28. The molecule has 0 spiro atoms. The van der Waals surface area contributed by atoms with Gasteiger partial charge in [0.25, 0.3) is 0 Å². The number of aliphatic carboxylic acids is 1. The van der Waals surface area contributed by atoms with Crippen LogP contribution in [0.3, 0.4) is 0 Å². The van der Waals surface area contributed by atoms with E-state index in [0.29, 0.717) is 11.1 Å². The first-order valence-corrected chi connectivity index (χ1v) is 10.1. The number of hydrogen-bond acceptors (Lipinski definition) is 3. The fourth-order valence-corrected chi connectivity index (χ4v) is 4.37. The van der Waals surface area contributed by atoms with Crippen LogP contribution < -0.4 is 0 Å². The highest BCUT2D eigenvalue weighted by Gasteiger charge is 2.35. The first kappa shape index (κ1) is 22.8. The maximum absolute atomic E-state index is 15.7. The highest BCUT2D eigenvalue weighted by Crippen LogP contribution is 2.41. The third-order valence-corrected chi connectivity index (χ3v) is 5.67. The Labute approximate surface area is 185 Å². The van der Waals surface area contributed by atoms with Crippen LogP contribution in [0.1, 0.15) is 25.1 Å². The van der Waals surface area contributed by atoms with Crippen LogP contribution >= 0.6 is 0 Å². The molecule has 4 rings (SSSR count). The fourth-order valence-electron chi connectivity index (χ4n) is 4.37. The summed E-state index contributed by atoms with van der Waals surface area (Å²) in [7, 11) is 1.46. The molecule has 0 aliphatic carbocycles. The van der Waals surface area contributed by atoms with Crippen LogP contribution in [0.15, 0.2) is 30.5 Å². The molecule has 10 heteroatoms. The van der Waals surface area contributed by atoms with Gasteiger partial charge in [0.15, 0.2) is 17.5 Å². The van der Waals surface area contributed by atoms with E-state index in [1.165, 1.54) is 23.9 Å². The molecule has 33 heavy (non-hydrogen) atoms. The molecule has 174 valence electrons. The van der Waals surface area contributed by atoms with Crippen LogP contribution in [-0.4, -0.2) is 45.7 Å². The fraction of sp³-hybridized carbons (Fsp3) is 0.304. The molecular weight excluding hydrogens is 442 g/mol. The van der Waals surface area contributed by atoms with Gasteiger partial charge in [0.05, 0.1) is 18.3 Å². The van der Waals surface area contributed by atoms with Crippen molar-refractivity contribution in [2.24, 2.45) is 0 Å². The number of carbonyl (C=O) groups is 1. The molecule has 0 saturated carbocycles. The first-order valence-electron chi connectivity index (χ1n) is 10.1. The van der Waals surface area contributed by atoms with Crippen LogP contribution in [0.25, 0.3) is 27.5 Å². The zero-order chi connectivity index (χ0) is 24.1. The molecule has 0 aliphatic heterocycles. The number of H-pyrrole nitrogens is 1. The molecule has 4 aromatic rings. The van der Waals surface area contributed by atoms with E-state index in [1.807, 2.05) is 0 Å². The predicted octanol–water partition coefficient (Wildman–Crippen LogP) is 4.81. The van der Waals surface area contributed by atoms with Crippen molar-refractivity contribution in [3.63, 3.8) is 0 Å². The number of nitrogens with zero attached hydrogens (tertiary/aromatic N) is 2. The van der Waals surface area contributed by atoms with Gasteiger partial charge in [-0.05, 0) is 23.8 Å². The summed E-state index contributed by atoms with van der Waals surface area (Å²) in [5.41, 5.74) is -0.0103. The molecule has 0 bridgehead atoms. The Hall–Kier alpha value is -3.40. The van der Waals surface area contributed by atoms with Gasteiger partial charge >= 0.3 is 5.97 Å². The number of hydrogen-bond donors (Lipinski definition) is 2. The van der Waals surface area contributed by atoms with Gasteiger partial charge in [-0.15, -0.1) is 0 Å². The van der Waals surface area contributed by atoms with Gasteiger partial charge in [-0.2, -0.15) is 5.10 Å². The monoisotopic (exact) mass is 463 g/mol. The summed E-state index contributed by atoms with van der Waals surface area (Å²) in [6.45, 7) is 3.61. The van der Waals surface area contributed by atoms with Gasteiger partial charge in [-0.1, -0.05) is 13.8 Å². The average Bonchev–Trinajstić information content (AvgIpc) is 3.33. The average molecular weight is 463 g/mol. The predicted molar refractivity (Wildman–Crippen MR) is 114 cm³/mol. The number of aromatic amines is 1. The smallest absolute Gasteiger partial charge is 0.338 e. The Bertz CT molecular complexity index is 1380. The highest BCUT2D eigenvalue weighted by atomic mass is 19.2. The molecule has 0 radical (unpaired) electrons. The van der Waals surface area contributed by atoms with E-state index in [-0.39, 0.29) is 34.3 Å². The van der Waals surface area contributed by atoms with Crippen molar-refractivity contribution in [2.45, 2.75) is 31.9 Å². The minimum atomic E-state index is -2.32. The third-order valence-electron chi connectivity index (χ3n) is 5.67. The number of carboxylic acids is 1.